The first-order chi connectivity index (χ1) is 7.15. The van der Waals surface area contributed by atoms with Crippen molar-refractivity contribution < 1.29 is 26.7 Å². The van der Waals surface area contributed by atoms with Gasteiger partial charge in [-0.15, -0.1) is 0 Å². The highest BCUT2D eigenvalue weighted by Gasteiger charge is 2.39. The molecule has 0 spiro atoms. The lowest BCUT2D eigenvalue weighted by Gasteiger charge is -2.15. The second kappa shape index (κ2) is 3.84. The van der Waals surface area contributed by atoms with E-state index in [1.54, 1.807) is 0 Å². The van der Waals surface area contributed by atoms with Gasteiger partial charge in [0.2, 0.25) is 5.78 Å². The highest BCUT2D eigenvalue weighted by molar-refractivity contribution is 5.84. The molecule has 1 nitrogen and oxygen atoms in total. The van der Waals surface area contributed by atoms with Gasteiger partial charge in [-0.05, 0) is 12.1 Å². The predicted molar refractivity (Wildman–Crippen MR) is 46.0 cm³/mol. The molecule has 0 aliphatic heterocycles. The molecular weight excluding hydrogens is 231 g/mol. The van der Waals surface area contributed by atoms with Crippen molar-refractivity contribution in [1.82, 2.24) is 0 Å². The maximum Gasteiger partial charge on any atom is 0.416 e. The molecule has 0 radical (unpaired) electrons. The van der Waals surface area contributed by atoms with Gasteiger partial charge in [-0.3, -0.25) is 4.79 Å². The summed E-state index contributed by atoms with van der Waals surface area (Å²) in [4.78, 5) is 10.6. The highest BCUT2D eigenvalue weighted by Crippen LogP contribution is 2.34. The third-order valence-electron chi connectivity index (χ3n) is 1.99. The van der Waals surface area contributed by atoms with Crippen LogP contribution in [0.25, 0.3) is 0 Å². The molecular formula is C10H7F5O. The molecule has 0 heterocycles. The second-order valence-electron chi connectivity index (χ2n) is 3.21. The van der Waals surface area contributed by atoms with Gasteiger partial charge in [0.05, 0.1) is 5.56 Å². The number of ketones is 1. The Labute approximate surface area is 87.9 Å². The number of Topliss-reactive ketones (excluding diaryl/α,β-unsaturated/α-hetero) is 1. The number of carbonyl (C=O) groups is 1. The third-order valence-corrected chi connectivity index (χ3v) is 1.99. The molecule has 0 N–H and O–H groups in total. The van der Waals surface area contributed by atoms with E-state index in [4.69, 9.17) is 0 Å². The lowest BCUT2D eigenvalue weighted by Crippen LogP contribution is -2.23. The summed E-state index contributed by atoms with van der Waals surface area (Å²) in [7, 11) is 0. The van der Waals surface area contributed by atoms with Gasteiger partial charge in [0.25, 0.3) is 0 Å². The van der Waals surface area contributed by atoms with Gasteiger partial charge in [0, 0.05) is 12.5 Å². The first-order valence-electron chi connectivity index (χ1n) is 4.22. The van der Waals surface area contributed by atoms with Crippen molar-refractivity contribution in [3.63, 3.8) is 0 Å². The Hall–Kier alpha value is -1.46. The van der Waals surface area contributed by atoms with Gasteiger partial charge in [0.1, 0.15) is 0 Å². The van der Waals surface area contributed by atoms with Crippen LogP contribution in [0.2, 0.25) is 0 Å². The normalized spacial score (nSPS) is 12.6. The van der Waals surface area contributed by atoms with Crippen molar-refractivity contribution in [1.29, 1.82) is 0 Å². The number of benzene rings is 1. The highest BCUT2D eigenvalue weighted by atomic mass is 19.4. The fourth-order valence-electron chi connectivity index (χ4n) is 1.09. The van der Waals surface area contributed by atoms with Gasteiger partial charge in [-0.25, -0.2) is 0 Å². The van der Waals surface area contributed by atoms with Crippen LogP contribution in [-0.4, -0.2) is 5.78 Å². The van der Waals surface area contributed by atoms with E-state index >= 15 is 0 Å². The molecule has 0 atom stereocenters. The molecule has 0 unspecified atom stereocenters. The Bertz CT molecular complexity index is 408. The maximum atomic E-state index is 13.1. The summed E-state index contributed by atoms with van der Waals surface area (Å²) >= 11 is 0. The monoisotopic (exact) mass is 238 g/mol. The first kappa shape index (κ1) is 12.6. The van der Waals surface area contributed by atoms with E-state index in [1.165, 1.54) is 0 Å². The molecule has 1 aromatic rings. The fraction of sp³-hybridized carbons (Fsp3) is 0.300. The average Bonchev–Trinajstić information content (AvgIpc) is 2.16. The Morgan fingerprint density at radius 3 is 2.00 bits per heavy atom. The van der Waals surface area contributed by atoms with Crippen molar-refractivity contribution in [2.24, 2.45) is 0 Å². The Kier molecular flexibility index (Phi) is 3.03. The van der Waals surface area contributed by atoms with E-state index in [9.17, 15) is 26.7 Å². The number of halogens is 5. The average molecular weight is 238 g/mol. The molecule has 1 rings (SSSR count). The Morgan fingerprint density at radius 1 is 1.06 bits per heavy atom. The summed E-state index contributed by atoms with van der Waals surface area (Å²) in [6, 6.07) is 2.58. The smallest absolute Gasteiger partial charge is 0.293 e. The molecule has 0 saturated carbocycles. The van der Waals surface area contributed by atoms with Crippen molar-refractivity contribution in [3.05, 3.63) is 35.4 Å². The minimum absolute atomic E-state index is 0.279. The summed E-state index contributed by atoms with van der Waals surface area (Å²) in [6.45, 7) is 0.625. The number of alkyl halides is 5. The summed E-state index contributed by atoms with van der Waals surface area (Å²) in [5, 5.41) is 0. The van der Waals surface area contributed by atoms with Gasteiger partial charge in [0.15, 0.2) is 0 Å². The lowest BCUT2D eigenvalue weighted by molar-refractivity contribution is -0.143. The standard InChI is InChI=1S/C10H7F5O/c1-6(16)9(11,12)7-3-2-4-8(5-7)10(13,14)15/h2-5H,1H3. The zero-order chi connectivity index (χ0) is 12.6. The predicted octanol–water partition coefficient (Wildman–Crippen LogP) is 3.39. The van der Waals surface area contributed by atoms with E-state index in [0.717, 1.165) is 12.1 Å². The molecule has 0 amide bonds. The topological polar surface area (TPSA) is 17.1 Å². The van der Waals surface area contributed by atoms with Crippen LogP contribution in [0.15, 0.2) is 24.3 Å². The number of hydrogen-bond acceptors (Lipinski definition) is 1. The summed E-state index contributed by atoms with van der Waals surface area (Å²) in [5.74, 6) is -5.38. The SMILES string of the molecule is CC(=O)C(F)(F)c1cccc(C(F)(F)F)c1. The zero-order valence-corrected chi connectivity index (χ0v) is 8.11. The molecule has 88 valence electrons. The van der Waals surface area contributed by atoms with Crippen molar-refractivity contribution in [3.8, 4) is 0 Å². The van der Waals surface area contributed by atoms with Crippen LogP contribution in [-0.2, 0) is 16.9 Å². The molecule has 0 aliphatic carbocycles. The van der Waals surface area contributed by atoms with Gasteiger partial charge >= 0.3 is 12.1 Å². The summed E-state index contributed by atoms with van der Waals surface area (Å²) in [5.41, 5.74) is -2.15. The molecule has 0 bridgehead atoms. The second-order valence-corrected chi connectivity index (χ2v) is 3.21. The van der Waals surface area contributed by atoms with Gasteiger partial charge < -0.3 is 0 Å². The van der Waals surface area contributed by atoms with Crippen molar-refractivity contribution in [2.45, 2.75) is 19.0 Å². The number of carbonyl (C=O) groups excluding carboxylic acids is 1. The van der Waals surface area contributed by atoms with E-state index in [0.29, 0.717) is 13.0 Å². The van der Waals surface area contributed by atoms with E-state index in [2.05, 4.69) is 0 Å². The van der Waals surface area contributed by atoms with E-state index < -0.39 is 29.0 Å². The van der Waals surface area contributed by atoms with Crippen LogP contribution >= 0.6 is 0 Å². The zero-order valence-electron chi connectivity index (χ0n) is 8.11. The van der Waals surface area contributed by atoms with Crippen LogP contribution in [0.5, 0.6) is 0 Å². The maximum absolute atomic E-state index is 13.1. The molecule has 6 heteroatoms. The van der Waals surface area contributed by atoms with Gasteiger partial charge in [-0.1, -0.05) is 12.1 Å². The summed E-state index contributed by atoms with van der Waals surface area (Å²) in [6.07, 6.45) is -4.71. The van der Waals surface area contributed by atoms with E-state index in [1.807, 2.05) is 0 Å². The first-order valence-corrected chi connectivity index (χ1v) is 4.22. The number of hydrogen-bond donors (Lipinski definition) is 0. The lowest BCUT2D eigenvalue weighted by atomic mass is 10.0. The minimum Gasteiger partial charge on any atom is -0.293 e. The Morgan fingerprint density at radius 2 is 1.56 bits per heavy atom. The molecule has 16 heavy (non-hydrogen) atoms. The Balaban J connectivity index is 3.23. The van der Waals surface area contributed by atoms with Crippen LogP contribution < -0.4 is 0 Å². The van der Waals surface area contributed by atoms with Crippen molar-refractivity contribution >= 4 is 5.78 Å². The minimum atomic E-state index is -4.71. The fourth-order valence-corrected chi connectivity index (χ4v) is 1.09. The molecule has 0 fully saturated rings. The molecule has 1 aromatic carbocycles. The number of rotatable bonds is 2. The van der Waals surface area contributed by atoms with Crippen LogP contribution in [0.4, 0.5) is 22.0 Å². The molecule has 0 aromatic heterocycles. The van der Waals surface area contributed by atoms with E-state index in [-0.39, 0.29) is 6.07 Å². The molecule has 0 aliphatic rings. The van der Waals surface area contributed by atoms with Crippen LogP contribution in [0.1, 0.15) is 18.1 Å². The molecule has 0 saturated heterocycles. The van der Waals surface area contributed by atoms with Gasteiger partial charge in [-0.2, -0.15) is 22.0 Å². The van der Waals surface area contributed by atoms with Crippen molar-refractivity contribution in [2.75, 3.05) is 0 Å². The third kappa shape index (κ3) is 2.37. The quantitative estimate of drug-likeness (QED) is 0.722. The van der Waals surface area contributed by atoms with Crippen LogP contribution in [0, 0.1) is 0 Å². The van der Waals surface area contributed by atoms with Crippen LogP contribution in [0.3, 0.4) is 0 Å². The summed E-state index contributed by atoms with van der Waals surface area (Å²) < 4.78 is 62.9. The largest absolute Gasteiger partial charge is 0.416 e.